The summed E-state index contributed by atoms with van der Waals surface area (Å²) in [5.41, 5.74) is 2.48. The van der Waals surface area contributed by atoms with E-state index in [1.165, 1.54) is 30.4 Å². The van der Waals surface area contributed by atoms with Crippen LogP contribution in [0.5, 0.6) is 0 Å². The molecule has 3 nitrogen and oxygen atoms in total. The van der Waals surface area contributed by atoms with Crippen molar-refractivity contribution in [1.29, 1.82) is 0 Å². The minimum Gasteiger partial charge on any atom is -0.212 e. The second-order valence-corrected chi connectivity index (χ2v) is 8.35. The molecule has 1 unspecified atom stereocenters. The van der Waals surface area contributed by atoms with Gasteiger partial charge in [-0.15, -0.1) is 0 Å². The molecule has 0 spiro atoms. The van der Waals surface area contributed by atoms with Crippen LogP contribution in [-0.4, -0.2) is 14.2 Å². The number of hydrogen-bond donors (Lipinski definition) is 1. The van der Waals surface area contributed by atoms with Crippen molar-refractivity contribution in [3.63, 3.8) is 0 Å². The topological polar surface area (TPSA) is 46.2 Å². The minimum absolute atomic E-state index is 0.0245. The Hall–Kier alpha value is -0.870. The summed E-state index contributed by atoms with van der Waals surface area (Å²) >= 11 is 0. The molecule has 0 aromatic heterocycles. The molecule has 0 aliphatic heterocycles. The Morgan fingerprint density at radius 1 is 1.00 bits per heavy atom. The molecule has 0 amide bonds. The van der Waals surface area contributed by atoms with Crippen molar-refractivity contribution in [1.82, 2.24) is 4.72 Å². The first-order valence-electron chi connectivity index (χ1n) is 8.22. The number of hydrogen-bond acceptors (Lipinski definition) is 2. The standard InChI is InChI=1S/C17H25NO2S/c19-21(20,13-14-7-2-1-3-8-14)18-17-12-6-10-15-9-4-5-11-16(15)17/h4-5,9,11,14,17-18H,1-3,6-8,10,12-13H2. The summed E-state index contributed by atoms with van der Waals surface area (Å²) in [7, 11) is -3.17. The molecule has 3 rings (SSSR count). The molecule has 0 bridgehead atoms. The van der Waals surface area contributed by atoms with Gasteiger partial charge in [-0.3, -0.25) is 0 Å². The first-order chi connectivity index (χ1) is 10.1. The van der Waals surface area contributed by atoms with E-state index >= 15 is 0 Å². The largest absolute Gasteiger partial charge is 0.212 e. The average Bonchev–Trinajstić information content (AvgIpc) is 2.48. The molecule has 1 N–H and O–H groups in total. The third kappa shape index (κ3) is 3.86. The molecular formula is C17H25NO2S. The Morgan fingerprint density at radius 2 is 1.76 bits per heavy atom. The Balaban J connectivity index is 1.68. The van der Waals surface area contributed by atoms with Crippen molar-refractivity contribution in [3.05, 3.63) is 35.4 Å². The van der Waals surface area contributed by atoms with Gasteiger partial charge in [-0.25, -0.2) is 13.1 Å². The number of benzene rings is 1. The third-order valence-electron chi connectivity index (χ3n) is 4.87. The molecule has 2 aliphatic rings. The molecule has 116 valence electrons. The van der Waals surface area contributed by atoms with Gasteiger partial charge in [0.1, 0.15) is 0 Å². The van der Waals surface area contributed by atoms with Crippen molar-refractivity contribution in [2.75, 3.05) is 5.75 Å². The first-order valence-corrected chi connectivity index (χ1v) is 9.87. The van der Waals surface area contributed by atoms with Crippen LogP contribution in [0.3, 0.4) is 0 Å². The van der Waals surface area contributed by atoms with E-state index in [1.807, 2.05) is 12.1 Å². The average molecular weight is 307 g/mol. The molecule has 1 saturated carbocycles. The zero-order valence-electron chi connectivity index (χ0n) is 12.6. The molecule has 0 heterocycles. The van der Waals surface area contributed by atoms with Crippen LogP contribution >= 0.6 is 0 Å². The van der Waals surface area contributed by atoms with E-state index in [0.29, 0.717) is 11.7 Å². The number of rotatable bonds is 4. The predicted octanol–water partition coefficient (Wildman–Crippen LogP) is 3.56. The van der Waals surface area contributed by atoms with E-state index in [9.17, 15) is 8.42 Å². The van der Waals surface area contributed by atoms with Crippen LogP contribution in [0.1, 0.15) is 62.1 Å². The maximum Gasteiger partial charge on any atom is 0.212 e. The van der Waals surface area contributed by atoms with Crippen LogP contribution in [-0.2, 0) is 16.4 Å². The van der Waals surface area contributed by atoms with Crippen molar-refractivity contribution >= 4 is 10.0 Å². The van der Waals surface area contributed by atoms with Crippen molar-refractivity contribution in [2.45, 2.75) is 57.4 Å². The lowest BCUT2D eigenvalue weighted by atomic mass is 9.88. The lowest BCUT2D eigenvalue weighted by Crippen LogP contribution is -2.35. The van der Waals surface area contributed by atoms with Gasteiger partial charge in [-0.1, -0.05) is 43.5 Å². The summed E-state index contributed by atoms with van der Waals surface area (Å²) in [4.78, 5) is 0. The molecule has 1 fully saturated rings. The van der Waals surface area contributed by atoms with Gasteiger partial charge in [0, 0.05) is 6.04 Å². The number of fused-ring (bicyclic) bond motifs is 1. The highest BCUT2D eigenvalue weighted by Gasteiger charge is 2.27. The quantitative estimate of drug-likeness (QED) is 0.924. The summed E-state index contributed by atoms with van der Waals surface area (Å²) in [6, 6.07) is 8.22. The predicted molar refractivity (Wildman–Crippen MR) is 85.6 cm³/mol. The van der Waals surface area contributed by atoms with E-state index < -0.39 is 10.0 Å². The fourth-order valence-corrected chi connectivity index (χ4v) is 5.53. The van der Waals surface area contributed by atoms with Crippen LogP contribution in [0.15, 0.2) is 24.3 Å². The van der Waals surface area contributed by atoms with Gasteiger partial charge >= 0.3 is 0 Å². The molecule has 4 heteroatoms. The molecule has 1 aromatic rings. The normalized spacial score (nSPS) is 23.7. The molecule has 0 saturated heterocycles. The van der Waals surface area contributed by atoms with Crippen LogP contribution in [0.2, 0.25) is 0 Å². The van der Waals surface area contributed by atoms with E-state index in [2.05, 4.69) is 16.9 Å². The molecule has 0 radical (unpaired) electrons. The Kier molecular flexibility index (Phi) is 4.65. The maximum absolute atomic E-state index is 12.5. The Morgan fingerprint density at radius 3 is 2.57 bits per heavy atom. The van der Waals surface area contributed by atoms with E-state index in [4.69, 9.17) is 0 Å². The van der Waals surface area contributed by atoms with Gasteiger partial charge in [-0.2, -0.15) is 0 Å². The highest BCUT2D eigenvalue weighted by molar-refractivity contribution is 7.89. The number of sulfonamides is 1. The zero-order chi connectivity index (χ0) is 14.7. The summed E-state index contributed by atoms with van der Waals surface area (Å²) in [6.07, 6.45) is 8.83. The fourth-order valence-electron chi connectivity index (χ4n) is 3.81. The lowest BCUT2D eigenvalue weighted by molar-refractivity contribution is 0.382. The highest BCUT2D eigenvalue weighted by atomic mass is 32.2. The van der Waals surface area contributed by atoms with E-state index in [-0.39, 0.29) is 6.04 Å². The van der Waals surface area contributed by atoms with E-state index in [0.717, 1.165) is 32.1 Å². The Bertz CT molecular complexity index is 576. The molecule has 1 atom stereocenters. The second kappa shape index (κ2) is 6.49. The second-order valence-electron chi connectivity index (χ2n) is 6.55. The van der Waals surface area contributed by atoms with Gasteiger partial charge in [0.2, 0.25) is 10.0 Å². The van der Waals surface area contributed by atoms with Crippen molar-refractivity contribution in [3.8, 4) is 0 Å². The van der Waals surface area contributed by atoms with Gasteiger partial charge < -0.3 is 0 Å². The number of nitrogens with one attached hydrogen (secondary N) is 1. The van der Waals surface area contributed by atoms with Crippen molar-refractivity contribution in [2.24, 2.45) is 5.92 Å². The fraction of sp³-hybridized carbons (Fsp3) is 0.647. The smallest absolute Gasteiger partial charge is 0.212 e. The zero-order valence-corrected chi connectivity index (χ0v) is 13.4. The summed E-state index contributed by atoms with van der Waals surface area (Å²) in [5.74, 6) is 0.668. The van der Waals surface area contributed by atoms with Crippen LogP contribution in [0.4, 0.5) is 0 Å². The molecule has 1 aromatic carbocycles. The molecule has 2 aliphatic carbocycles. The summed E-state index contributed by atoms with van der Waals surface area (Å²) in [6.45, 7) is 0. The SMILES string of the molecule is O=S(=O)(CC1CCCCC1)NC1CCCc2ccccc21. The van der Waals surface area contributed by atoms with Crippen LogP contribution in [0, 0.1) is 5.92 Å². The van der Waals surface area contributed by atoms with Gasteiger partial charge in [0.05, 0.1) is 5.75 Å². The summed E-state index contributed by atoms with van der Waals surface area (Å²) < 4.78 is 27.9. The summed E-state index contributed by atoms with van der Waals surface area (Å²) in [5, 5.41) is 0. The highest BCUT2D eigenvalue weighted by Crippen LogP contribution is 2.31. The molecule has 21 heavy (non-hydrogen) atoms. The van der Waals surface area contributed by atoms with E-state index in [1.54, 1.807) is 0 Å². The van der Waals surface area contributed by atoms with Gasteiger partial charge in [0.15, 0.2) is 0 Å². The molecular weight excluding hydrogens is 282 g/mol. The maximum atomic E-state index is 12.5. The monoisotopic (exact) mass is 307 g/mol. The lowest BCUT2D eigenvalue weighted by Gasteiger charge is -2.28. The Labute approximate surface area is 128 Å². The van der Waals surface area contributed by atoms with Crippen molar-refractivity contribution < 1.29 is 8.42 Å². The van der Waals surface area contributed by atoms with Crippen LogP contribution < -0.4 is 4.72 Å². The van der Waals surface area contributed by atoms with Gasteiger partial charge in [-0.05, 0) is 49.1 Å². The first kappa shape index (κ1) is 15.0. The third-order valence-corrected chi connectivity index (χ3v) is 6.42. The number of aryl methyl sites for hydroxylation is 1. The minimum atomic E-state index is -3.17. The van der Waals surface area contributed by atoms with Gasteiger partial charge in [0.25, 0.3) is 0 Å². The van der Waals surface area contributed by atoms with Crippen LogP contribution in [0.25, 0.3) is 0 Å².